The van der Waals surface area contributed by atoms with Crippen molar-refractivity contribution in [3.05, 3.63) is 58.4 Å². The zero-order chi connectivity index (χ0) is 15.6. The number of nitrogens with one attached hydrogen (secondary N) is 1. The average molecular weight is 287 g/mol. The van der Waals surface area contributed by atoms with Crippen LogP contribution in [0.5, 0.6) is 11.5 Å². The Balaban J connectivity index is 2.32. The molecule has 0 heterocycles. The van der Waals surface area contributed by atoms with Gasteiger partial charge in [0, 0.05) is 6.04 Å². The van der Waals surface area contributed by atoms with Crippen LogP contribution in [0.3, 0.4) is 0 Å². The topological polar surface area (TPSA) is 21.3 Å². The molecule has 0 aliphatic rings. The molecule has 0 radical (unpaired) electrons. The van der Waals surface area contributed by atoms with Gasteiger partial charge in [-0.05, 0) is 75.2 Å². The van der Waals surface area contributed by atoms with E-state index in [4.69, 9.17) is 4.74 Å². The minimum Gasteiger partial charge on any atom is -0.454 e. The molecular formula is C18H22FNO. The molecule has 112 valence electrons. The highest BCUT2D eigenvalue weighted by atomic mass is 19.1. The van der Waals surface area contributed by atoms with Gasteiger partial charge in [-0.1, -0.05) is 12.1 Å². The number of aryl methyl sites for hydroxylation is 2. The zero-order valence-electron chi connectivity index (χ0n) is 13.3. The first-order valence-electron chi connectivity index (χ1n) is 7.14. The fourth-order valence-corrected chi connectivity index (χ4v) is 2.26. The summed E-state index contributed by atoms with van der Waals surface area (Å²) in [6.07, 6.45) is 0. The Morgan fingerprint density at radius 1 is 1.05 bits per heavy atom. The van der Waals surface area contributed by atoms with Crippen LogP contribution in [0.15, 0.2) is 30.3 Å². The number of benzene rings is 2. The van der Waals surface area contributed by atoms with Crippen molar-refractivity contribution in [3.8, 4) is 11.5 Å². The van der Waals surface area contributed by atoms with Crippen molar-refractivity contribution in [1.82, 2.24) is 5.32 Å². The summed E-state index contributed by atoms with van der Waals surface area (Å²) in [7, 11) is 1.85. The first-order valence-corrected chi connectivity index (χ1v) is 7.14. The van der Waals surface area contributed by atoms with Gasteiger partial charge in [-0.15, -0.1) is 0 Å². The van der Waals surface area contributed by atoms with Gasteiger partial charge in [0.15, 0.2) is 11.6 Å². The van der Waals surface area contributed by atoms with Gasteiger partial charge in [-0.25, -0.2) is 4.39 Å². The van der Waals surface area contributed by atoms with Crippen LogP contribution < -0.4 is 10.1 Å². The first-order chi connectivity index (χ1) is 9.92. The molecule has 1 unspecified atom stereocenters. The van der Waals surface area contributed by atoms with E-state index in [1.165, 1.54) is 6.07 Å². The fourth-order valence-electron chi connectivity index (χ4n) is 2.26. The Morgan fingerprint density at radius 3 is 2.38 bits per heavy atom. The second kappa shape index (κ2) is 6.27. The van der Waals surface area contributed by atoms with E-state index in [1.54, 1.807) is 6.07 Å². The standard InChI is InChI=1S/C18H22FNO/c1-11-8-12(2)13(3)18(9-11)21-17-7-6-15(10-16(17)19)14(4)20-5/h6-10,14,20H,1-5H3. The summed E-state index contributed by atoms with van der Waals surface area (Å²) in [4.78, 5) is 0. The van der Waals surface area contributed by atoms with E-state index in [0.29, 0.717) is 5.75 Å². The van der Waals surface area contributed by atoms with Crippen molar-refractivity contribution in [2.24, 2.45) is 0 Å². The third-order valence-electron chi connectivity index (χ3n) is 3.87. The van der Waals surface area contributed by atoms with E-state index in [0.717, 1.165) is 22.3 Å². The highest BCUT2D eigenvalue weighted by Gasteiger charge is 2.11. The predicted octanol–water partition coefficient (Wildman–Crippen LogP) is 4.82. The Bertz CT molecular complexity index is 652. The molecule has 0 saturated carbocycles. The van der Waals surface area contributed by atoms with Crippen molar-refractivity contribution >= 4 is 0 Å². The lowest BCUT2D eigenvalue weighted by atomic mass is 10.1. The molecule has 2 aromatic rings. The predicted molar refractivity (Wildman–Crippen MR) is 84.6 cm³/mol. The van der Waals surface area contributed by atoms with E-state index in [-0.39, 0.29) is 17.6 Å². The van der Waals surface area contributed by atoms with E-state index in [1.807, 2.05) is 46.9 Å². The van der Waals surface area contributed by atoms with Gasteiger partial charge in [-0.3, -0.25) is 0 Å². The van der Waals surface area contributed by atoms with Crippen molar-refractivity contribution < 1.29 is 9.13 Å². The summed E-state index contributed by atoms with van der Waals surface area (Å²) in [5, 5.41) is 3.09. The molecule has 1 N–H and O–H groups in total. The molecule has 1 atom stereocenters. The summed E-state index contributed by atoms with van der Waals surface area (Å²) in [5.74, 6) is 0.629. The van der Waals surface area contributed by atoms with Crippen LogP contribution in [0, 0.1) is 26.6 Å². The normalized spacial score (nSPS) is 12.3. The minimum atomic E-state index is -0.340. The molecule has 0 aliphatic heterocycles. The zero-order valence-corrected chi connectivity index (χ0v) is 13.3. The van der Waals surface area contributed by atoms with Crippen molar-refractivity contribution in [2.75, 3.05) is 7.05 Å². The first kappa shape index (κ1) is 15.5. The number of hydrogen-bond donors (Lipinski definition) is 1. The highest BCUT2D eigenvalue weighted by Crippen LogP contribution is 2.31. The number of ether oxygens (including phenoxy) is 1. The lowest BCUT2D eigenvalue weighted by molar-refractivity contribution is 0.437. The summed E-state index contributed by atoms with van der Waals surface area (Å²) >= 11 is 0. The van der Waals surface area contributed by atoms with Gasteiger partial charge in [0.2, 0.25) is 0 Å². The molecule has 0 saturated heterocycles. The summed E-state index contributed by atoms with van der Waals surface area (Å²) < 4.78 is 20.0. The van der Waals surface area contributed by atoms with E-state index in [9.17, 15) is 4.39 Å². The molecule has 2 rings (SSSR count). The van der Waals surface area contributed by atoms with Crippen molar-refractivity contribution in [3.63, 3.8) is 0 Å². The fraction of sp³-hybridized carbons (Fsp3) is 0.333. The third kappa shape index (κ3) is 3.42. The number of halogens is 1. The van der Waals surface area contributed by atoms with Gasteiger partial charge in [0.25, 0.3) is 0 Å². The van der Waals surface area contributed by atoms with Crippen LogP contribution in [-0.2, 0) is 0 Å². The van der Waals surface area contributed by atoms with Gasteiger partial charge >= 0.3 is 0 Å². The number of hydrogen-bond acceptors (Lipinski definition) is 2. The monoisotopic (exact) mass is 287 g/mol. The van der Waals surface area contributed by atoms with Crippen LogP contribution in [0.4, 0.5) is 4.39 Å². The SMILES string of the molecule is CNC(C)c1ccc(Oc2cc(C)cc(C)c2C)c(F)c1. The molecule has 2 aromatic carbocycles. The molecule has 0 aromatic heterocycles. The highest BCUT2D eigenvalue weighted by molar-refractivity contribution is 5.45. The van der Waals surface area contributed by atoms with Crippen LogP contribution in [0.2, 0.25) is 0 Å². The van der Waals surface area contributed by atoms with Crippen molar-refractivity contribution in [2.45, 2.75) is 33.7 Å². The van der Waals surface area contributed by atoms with Crippen LogP contribution in [0.25, 0.3) is 0 Å². The van der Waals surface area contributed by atoms with Gasteiger partial charge < -0.3 is 10.1 Å². The van der Waals surface area contributed by atoms with Crippen LogP contribution in [-0.4, -0.2) is 7.05 Å². The maximum atomic E-state index is 14.2. The minimum absolute atomic E-state index is 0.108. The molecule has 0 fully saturated rings. The quantitative estimate of drug-likeness (QED) is 0.870. The maximum absolute atomic E-state index is 14.2. The van der Waals surface area contributed by atoms with E-state index < -0.39 is 0 Å². The Labute approximate surface area is 126 Å². The Kier molecular flexibility index (Phi) is 4.63. The largest absolute Gasteiger partial charge is 0.454 e. The Hall–Kier alpha value is -1.87. The molecule has 3 heteroatoms. The molecule has 0 aliphatic carbocycles. The molecule has 2 nitrogen and oxygen atoms in total. The van der Waals surface area contributed by atoms with Crippen LogP contribution in [0.1, 0.15) is 35.2 Å². The smallest absolute Gasteiger partial charge is 0.166 e. The summed E-state index contributed by atoms with van der Waals surface area (Å²) in [5.41, 5.74) is 4.19. The Morgan fingerprint density at radius 2 is 1.76 bits per heavy atom. The maximum Gasteiger partial charge on any atom is 0.166 e. The van der Waals surface area contributed by atoms with E-state index in [2.05, 4.69) is 11.4 Å². The second-order valence-electron chi connectivity index (χ2n) is 5.51. The molecule has 0 bridgehead atoms. The van der Waals surface area contributed by atoms with Gasteiger partial charge in [0.05, 0.1) is 0 Å². The second-order valence-corrected chi connectivity index (χ2v) is 5.51. The summed E-state index contributed by atoms with van der Waals surface area (Å²) in [6.45, 7) is 8.01. The van der Waals surface area contributed by atoms with Gasteiger partial charge in [0.1, 0.15) is 5.75 Å². The molecule has 0 amide bonds. The lowest BCUT2D eigenvalue weighted by Gasteiger charge is -2.15. The average Bonchev–Trinajstić information content (AvgIpc) is 2.45. The van der Waals surface area contributed by atoms with E-state index >= 15 is 0 Å². The number of rotatable bonds is 4. The van der Waals surface area contributed by atoms with Crippen molar-refractivity contribution in [1.29, 1.82) is 0 Å². The summed E-state index contributed by atoms with van der Waals surface area (Å²) in [6, 6.07) is 9.24. The van der Waals surface area contributed by atoms with Crippen LogP contribution >= 0.6 is 0 Å². The molecular weight excluding hydrogens is 265 g/mol. The molecule has 0 spiro atoms. The lowest BCUT2D eigenvalue weighted by Crippen LogP contribution is -2.12. The third-order valence-corrected chi connectivity index (χ3v) is 3.87. The van der Waals surface area contributed by atoms with Gasteiger partial charge in [-0.2, -0.15) is 0 Å². The molecule has 21 heavy (non-hydrogen) atoms.